The Hall–Kier alpha value is -1.46. The highest BCUT2D eigenvalue weighted by Gasteiger charge is 2.25. The van der Waals surface area contributed by atoms with Gasteiger partial charge in [-0.1, -0.05) is 25.7 Å². The van der Waals surface area contributed by atoms with E-state index >= 15 is 0 Å². The minimum Gasteiger partial charge on any atom is -0.490 e. The molecule has 0 saturated heterocycles. The van der Waals surface area contributed by atoms with E-state index in [1.807, 2.05) is 25.1 Å². The molecule has 2 nitrogen and oxygen atoms in total. The molecule has 0 aromatic heterocycles. The van der Waals surface area contributed by atoms with Gasteiger partial charge in [-0.15, -0.1) is 0 Å². The zero-order valence-electron chi connectivity index (χ0n) is 12.6. The van der Waals surface area contributed by atoms with E-state index in [9.17, 15) is 0 Å². The van der Waals surface area contributed by atoms with Gasteiger partial charge in [-0.2, -0.15) is 0 Å². The van der Waals surface area contributed by atoms with E-state index in [1.54, 1.807) is 0 Å². The van der Waals surface area contributed by atoms with Crippen LogP contribution in [-0.2, 0) is 0 Å². The number of hydrogen-bond acceptors (Lipinski definition) is 2. The molecule has 3 atom stereocenters. The van der Waals surface area contributed by atoms with E-state index in [0.29, 0.717) is 6.10 Å². The Kier molecular flexibility index (Phi) is 5.09. The van der Waals surface area contributed by atoms with Crippen molar-refractivity contribution in [2.24, 2.45) is 11.8 Å². The first-order valence-electron chi connectivity index (χ1n) is 7.47. The molecule has 0 bridgehead atoms. The fraction of sp³-hybridized carbons (Fsp3) is 0.556. The SMILES string of the molecule is Cc1cc(OC2CCC(C)C(C)C2)ccc1C#CCO. The van der Waals surface area contributed by atoms with Crippen LogP contribution in [0, 0.1) is 30.6 Å². The zero-order chi connectivity index (χ0) is 14.5. The first-order valence-corrected chi connectivity index (χ1v) is 7.47. The Morgan fingerprint density at radius 2 is 2.05 bits per heavy atom. The van der Waals surface area contributed by atoms with Crippen molar-refractivity contribution < 1.29 is 9.84 Å². The topological polar surface area (TPSA) is 29.5 Å². The second kappa shape index (κ2) is 6.81. The number of aryl methyl sites for hydroxylation is 1. The summed E-state index contributed by atoms with van der Waals surface area (Å²) in [5, 5.41) is 8.74. The quantitative estimate of drug-likeness (QED) is 0.834. The van der Waals surface area contributed by atoms with E-state index in [2.05, 4.69) is 25.7 Å². The molecule has 20 heavy (non-hydrogen) atoms. The summed E-state index contributed by atoms with van der Waals surface area (Å²) >= 11 is 0. The van der Waals surface area contributed by atoms with Gasteiger partial charge in [0, 0.05) is 5.56 Å². The summed E-state index contributed by atoms with van der Waals surface area (Å²) in [7, 11) is 0. The standard InChI is InChI=1S/C18H24O2/c1-13-6-8-17(11-14(13)2)20-18-9-7-16(5-4-10-19)15(3)12-18/h7,9,12-14,17,19H,6,8,10-11H2,1-3H3. The van der Waals surface area contributed by atoms with Gasteiger partial charge in [-0.25, -0.2) is 0 Å². The maximum absolute atomic E-state index is 8.74. The Balaban J connectivity index is 2.02. The minimum absolute atomic E-state index is 0.101. The lowest BCUT2D eigenvalue weighted by atomic mass is 9.80. The van der Waals surface area contributed by atoms with Crippen LogP contribution >= 0.6 is 0 Å². The lowest BCUT2D eigenvalue weighted by Crippen LogP contribution is -2.28. The van der Waals surface area contributed by atoms with Crippen LogP contribution in [0.5, 0.6) is 5.75 Å². The predicted molar refractivity (Wildman–Crippen MR) is 81.7 cm³/mol. The van der Waals surface area contributed by atoms with Crippen molar-refractivity contribution in [3.05, 3.63) is 29.3 Å². The molecule has 0 radical (unpaired) electrons. The van der Waals surface area contributed by atoms with Gasteiger partial charge in [0.25, 0.3) is 0 Å². The van der Waals surface area contributed by atoms with Crippen LogP contribution in [0.15, 0.2) is 18.2 Å². The van der Waals surface area contributed by atoms with Gasteiger partial charge in [0.15, 0.2) is 0 Å². The summed E-state index contributed by atoms with van der Waals surface area (Å²) in [5.41, 5.74) is 2.05. The number of hydrogen-bond donors (Lipinski definition) is 1. The van der Waals surface area contributed by atoms with Gasteiger partial charge in [0.1, 0.15) is 12.4 Å². The molecule has 108 valence electrons. The Bertz CT molecular complexity index is 510. The van der Waals surface area contributed by atoms with E-state index in [-0.39, 0.29) is 6.61 Å². The van der Waals surface area contributed by atoms with Crippen LogP contribution in [0.4, 0.5) is 0 Å². The van der Waals surface area contributed by atoms with E-state index < -0.39 is 0 Å². The zero-order valence-corrected chi connectivity index (χ0v) is 12.6. The maximum atomic E-state index is 8.74. The van der Waals surface area contributed by atoms with Crippen molar-refractivity contribution in [1.82, 2.24) is 0 Å². The lowest BCUT2D eigenvalue weighted by molar-refractivity contribution is 0.101. The number of rotatable bonds is 2. The van der Waals surface area contributed by atoms with Gasteiger partial charge in [0.2, 0.25) is 0 Å². The third-order valence-electron chi connectivity index (χ3n) is 4.35. The van der Waals surface area contributed by atoms with Gasteiger partial charge < -0.3 is 9.84 Å². The predicted octanol–water partition coefficient (Wildman–Crippen LogP) is 3.54. The van der Waals surface area contributed by atoms with Crippen LogP contribution in [0.3, 0.4) is 0 Å². The second-order valence-corrected chi connectivity index (χ2v) is 5.94. The Morgan fingerprint density at radius 1 is 1.25 bits per heavy atom. The largest absolute Gasteiger partial charge is 0.490 e. The third kappa shape index (κ3) is 3.77. The fourth-order valence-corrected chi connectivity index (χ4v) is 2.78. The third-order valence-corrected chi connectivity index (χ3v) is 4.35. The van der Waals surface area contributed by atoms with E-state index in [1.165, 1.54) is 6.42 Å². The summed E-state index contributed by atoms with van der Waals surface area (Å²) in [6.45, 7) is 6.58. The van der Waals surface area contributed by atoms with Crippen LogP contribution in [-0.4, -0.2) is 17.8 Å². The molecule has 3 unspecified atom stereocenters. The van der Waals surface area contributed by atoms with Gasteiger partial charge in [-0.3, -0.25) is 0 Å². The first kappa shape index (κ1) is 14.9. The van der Waals surface area contributed by atoms with E-state index in [0.717, 1.165) is 41.6 Å². The van der Waals surface area contributed by atoms with Gasteiger partial charge in [0.05, 0.1) is 6.10 Å². The average Bonchev–Trinajstić information content (AvgIpc) is 2.42. The molecular formula is C18H24O2. The maximum Gasteiger partial charge on any atom is 0.120 e. The molecule has 1 N–H and O–H groups in total. The smallest absolute Gasteiger partial charge is 0.120 e. The summed E-state index contributed by atoms with van der Waals surface area (Å²) in [5.74, 6) is 8.12. The summed E-state index contributed by atoms with van der Waals surface area (Å²) in [6.07, 6.45) is 3.89. The molecule has 1 aromatic carbocycles. The van der Waals surface area contributed by atoms with Crippen molar-refractivity contribution in [3.63, 3.8) is 0 Å². The molecule has 1 aliphatic carbocycles. The van der Waals surface area contributed by atoms with Crippen LogP contribution < -0.4 is 4.74 Å². The van der Waals surface area contributed by atoms with Crippen molar-refractivity contribution in [3.8, 4) is 17.6 Å². The molecule has 2 heteroatoms. The number of ether oxygens (including phenoxy) is 1. The molecule has 1 fully saturated rings. The van der Waals surface area contributed by atoms with Gasteiger partial charge >= 0.3 is 0 Å². The van der Waals surface area contributed by atoms with Crippen molar-refractivity contribution >= 4 is 0 Å². The number of aliphatic hydroxyl groups is 1. The number of benzene rings is 1. The van der Waals surface area contributed by atoms with Crippen LogP contribution in [0.25, 0.3) is 0 Å². The first-order chi connectivity index (χ1) is 9.60. The second-order valence-electron chi connectivity index (χ2n) is 5.94. The fourth-order valence-electron chi connectivity index (χ4n) is 2.78. The van der Waals surface area contributed by atoms with Crippen LogP contribution in [0.1, 0.15) is 44.2 Å². The molecule has 0 aliphatic heterocycles. The Labute approximate surface area is 122 Å². The lowest BCUT2D eigenvalue weighted by Gasteiger charge is -2.32. The molecular weight excluding hydrogens is 248 g/mol. The molecule has 1 saturated carbocycles. The normalized spacial score (nSPS) is 25.7. The minimum atomic E-state index is -0.101. The average molecular weight is 272 g/mol. The molecule has 0 heterocycles. The monoisotopic (exact) mass is 272 g/mol. The molecule has 0 amide bonds. The summed E-state index contributed by atoms with van der Waals surface area (Å²) in [6, 6.07) is 6.00. The summed E-state index contributed by atoms with van der Waals surface area (Å²) in [4.78, 5) is 0. The molecule has 0 spiro atoms. The highest BCUT2D eigenvalue weighted by atomic mass is 16.5. The highest BCUT2D eigenvalue weighted by Crippen LogP contribution is 2.32. The van der Waals surface area contributed by atoms with Crippen molar-refractivity contribution in [1.29, 1.82) is 0 Å². The molecule has 1 aromatic rings. The van der Waals surface area contributed by atoms with Crippen LogP contribution in [0.2, 0.25) is 0 Å². The van der Waals surface area contributed by atoms with Gasteiger partial charge in [-0.05, 0) is 61.8 Å². The number of aliphatic hydroxyl groups excluding tert-OH is 1. The molecule has 2 rings (SSSR count). The summed E-state index contributed by atoms with van der Waals surface area (Å²) < 4.78 is 6.12. The van der Waals surface area contributed by atoms with E-state index in [4.69, 9.17) is 9.84 Å². The van der Waals surface area contributed by atoms with Crippen molar-refractivity contribution in [2.75, 3.05) is 6.61 Å². The molecule has 1 aliphatic rings. The highest BCUT2D eigenvalue weighted by molar-refractivity contribution is 5.44. The Morgan fingerprint density at radius 3 is 2.70 bits per heavy atom. The van der Waals surface area contributed by atoms with Crippen molar-refractivity contribution in [2.45, 2.75) is 46.1 Å².